The molecular weight excluding hydrogens is 180 g/mol. The van der Waals surface area contributed by atoms with Gasteiger partial charge in [-0.2, -0.15) is 0 Å². The van der Waals surface area contributed by atoms with E-state index in [1.54, 1.807) is 0 Å². The fraction of sp³-hybridized carbons (Fsp3) is 0.917. The Kier molecular flexibility index (Phi) is 6.71. The first-order chi connectivity index (χ1) is 6.39. The highest BCUT2D eigenvalue weighted by Crippen LogP contribution is 2.19. The van der Waals surface area contributed by atoms with Crippen molar-refractivity contribution in [3.05, 3.63) is 6.42 Å². The summed E-state index contributed by atoms with van der Waals surface area (Å²) in [4.78, 5) is 0. The Morgan fingerprint density at radius 2 is 1.46 bits per heavy atom. The van der Waals surface area contributed by atoms with Crippen LogP contribution >= 0.6 is 11.6 Å². The Morgan fingerprint density at radius 1 is 0.846 bits per heavy atom. The maximum atomic E-state index is 6.18. The number of hydrogen-bond donors (Lipinski definition) is 0. The maximum absolute atomic E-state index is 6.18. The summed E-state index contributed by atoms with van der Waals surface area (Å²) in [6.45, 7) is 0. The van der Waals surface area contributed by atoms with E-state index in [1.165, 1.54) is 57.8 Å². The zero-order valence-electron chi connectivity index (χ0n) is 8.60. The van der Waals surface area contributed by atoms with Crippen molar-refractivity contribution in [2.75, 3.05) is 0 Å². The molecule has 77 valence electrons. The Labute approximate surface area is 88.1 Å². The first-order valence-electron chi connectivity index (χ1n) is 5.85. The molecule has 0 saturated heterocycles. The second-order valence-electron chi connectivity index (χ2n) is 4.17. The number of rotatable bonds is 0. The monoisotopic (exact) mass is 201 g/mol. The lowest BCUT2D eigenvalue weighted by Crippen LogP contribution is -1.99. The molecule has 1 aliphatic carbocycles. The summed E-state index contributed by atoms with van der Waals surface area (Å²) in [5, 5.41) is 0.416. The van der Waals surface area contributed by atoms with Crippen molar-refractivity contribution < 1.29 is 0 Å². The van der Waals surface area contributed by atoms with Gasteiger partial charge in [-0.05, 0) is 19.3 Å². The van der Waals surface area contributed by atoms with Crippen LogP contribution in [0, 0.1) is 6.42 Å². The Balaban J connectivity index is 2.11. The van der Waals surface area contributed by atoms with E-state index in [2.05, 4.69) is 6.42 Å². The van der Waals surface area contributed by atoms with Crippen LogP contribution in [0.25, 0.3) is 0 Å². The molecule has 0 amide bonds. The van der Waals surface area contributed by atoms with Gasteiger partial charge in [0.1, 0.15) is 0 Å². The quantitative estimate of drug-likeness (QED) is 0.498. The largest absolute Gasteiger partial charge is 0.123 e. The van der Waals surface area contributed by atoms with E-state index in [0.717, 1.165) is 6.42 Å². The van der Waals surface area contributed by atoms with Gasteiger partial charge in [-0.3, -0.25) is 0 Å². The van der Waals surface area contributed by atoms with E-state index in [-0.39, 0.29) is 0 Å². The first kappa shape index (κ1) is 11.4. The van der Waals surface area contributed by atoms with Gasteiger partial charge in [0.15, 0.2) is 0 Å². The summed E-state index contributed by atoms with van der Waals surface area (Å²) in [6, 6.07) is 0. The average molecular weight is 202 g/mol. The third-order valence-corrected chi connectivity index (χ3v) is 3.24. The summed E-state index contributed by atoms with van der Waals surface area (Å²) >= 11 is 6.18. The topological polar surface area (TPSA) is 0 Å². The second kappa shape index (κ2) is 7.67. The first-order valence-corrected chi connectivity index (χ1v) is 6.29. The zero-order chi connectivity index (χ0) is 9.36. The molecule has 1 heteroatoms. The molecule has 0 aromatic rings. The highest BCUT2D eigenvalue weighted by molar-refractivity contribution is 6.20. The molecule has 13 heavy (non-hydrogen) atoms. The third kappa shape index (κ3) is 6.37. The number of halogens is 1. The maximum Gasteiger partial charge on any atom is 0.0338 e. The van der Waals surface area contributed by atoms with Crippen molar-refractivity contribution in [3.63, 3.8) is 0 Å². The lowest BCUT2D eigenvalue weighted by molar-refractivity contribution is 0.541. The average Bonchev–Trinajstić information content (AvgIpc) is 2.11. The van der Waals surface area contributed by atoms with E-state index in [4.69, 9.17) is 11.6 Å². The molecule has 0 nitrogen and oxygen atoms in total. The molecule has 0 heterocycles. The van der Waals surface area contributed by atoms with E-state index < -0.39 is 0 Å². The molecule has 1 atom stereocenters. The molecule has 0 bridgehead atoms. The van der Waals surface area contributed by atoms with Crippen molar-refractivity contribution in [1.29, 1.82) is 0 Å². The van der Waals surface area contributed by atoms with Gasteiger partial charge in [-0.25, -0.2) is 0 Å². The van der Waals surface area contributed by atoms with Crippen molar-refractivity contribution in [2.24, 2.45) is 0 Å². The third-order valence-electron chi connectivity index (χ3n) is 2.85. The molecule has 1 unspecified atom stereocenters. The van der Waals surface area contributed by atoms with Gasteiger partial charge in [-0.15, -0.1) is 11.6 Å². The molecular formula is C12H22Cl. The van der Waals surface area contributed by atoms with Crippen LogP contribution in [0.2, 0.25) is 0 Å². The lowest BCUT2D eigenvalue weighted by atomic mass is 10.0. The van der Waals surface area contributed by atoms with Crippen molar-refractivity contribution in [3.8, 4) is 0 Å². The van der Waals surface area contributed by atoms with Crippen LogP contribution < -0.4 is 0 Å². The van der Waals surface area contributed by atoms with Gasteiger partial charge in [0.05, 0.1) is 0 Å². The molecule has 1 aliphatic rings. The van der Waals surface area contributed by atoms with Gasteiger partial charge < -0.3 is 0 Å². The Morgan fingerprint density at radius 3 is 2.23 bits per heavy atom. The smallest absolute Gasteiger partial charge is 0.0338 e. The summed E-state index contributed by atoms with van der Waals surface area (Å²) in [5.74, 6) is 0. The van der Waals surface area contributed by atoms with Crippen LogP contribution in [-0.4, -0.2) is 5.38 Å². The molecule has 0 aliphatic heterocycles. The van der Waals surface area contributed by atoms with Gasteiger partial charge in [0, 0.05) is 5.38 Å². The van der Waals surface area contributed by atoms with Crippen molar-refractivity contribution in [1.82, 2.24) is 0 Å². The van der Waals surface area contributed by atoms with Gasteiger partial charge in [0.25, 0.3) is 0 Å². The standard InChI is InChI=1S/C12H22Cl/c13-12-10-8-6-4-2-1-3-5-7-9-11-12/h8,12H,1-7,9-11H2. The lowest BCUT2D eigenvalue weighted by Gasteiger charge is -2.10. The summed E-state index contributed by atoms with van der Waals surface area (Å²) in [6.07, 6.45) is 15.8. The highest BCUT2D eigenvalue weighted by atomic mass is 35.5. The Hall–Kier alpha value is 0.290. The van der Waals surface area contributed by atoms with Gasteiger partial charge >= 0.3 is 0 Å². The van der Waals surface area contributed by atoms with Gasteiger partial charge in [-0.1, -0.05) is 51.4 Å². The minimum atomic E-state index is 0.416. The molecule has 0 spiro atoms. The fourth-order valence-electron chi connectivity index (χ4n) is 1.95. The van der Waals surface area contributed by atoms with Crippen LogP contribution in [0.3, 0.4) is 0 Å². The predicted octanol–water partition coefficient (Wildman–Crippen LogP) is 4.71. The van der Waals surface area contributed by atoms with Gasteiger partial charge in [0.2, 0.25) is 0 Å². The van der Waals surface area contributed by atoms with Crippen molar-refractivity contribution >= 4 is 11.6 Å². The molecule has 0 N–H and O–H groups in total. The normalized spacial score (nSPS) is 24.7. The van der Waals surface area contributed by atoms with E-state index in [0.29, 0.717) is 5.38 Å². The van der Waals surface area contributed by atoms with Crippen LogP contribution in [0.5, 0.6) is 0 Å². The molecule has 1 radical (unpaired) electrons. The fourth-order valence-corrected chi connectivity index (χ4v) is 2.24. The molecule has 1 saturated carbocycles. The number of alkyl halides is 1. The number of hydrogen-bond acceptors (Lipinski definition) is 0. The zero-order valence-corrected chi connectivity index (χ0v) is 9.36. The second-order valence-corrected chi connectivity index (χ2v) is 4.79. The van der Waals surface area contributed by atoms with Crippen LogP contribution in [0.1, 0.15) is 64.2 Å². The van der Waals surface area contributed by atoms with E-state index in [1.807, 2.05) is 0 Å². The summed E-state index contributed by atoms with van der Waals surface area (Å²) in [7, 11) is 0. The predicted molar refractivity (Wildman–Crippen MR) is 60.1 cm³/mol. The van der Waals surface area contributed by atoms with Crippen LogP contribution in [-0.2, 0) is 0 Å². The minimum Gasteiger partial charge on any atom is -0.123 e. The minimum absolute atomic E-state index is 0.416. The van der Waals surface area contributed by atoms with Crippen LogP contribution in [0.4, 0.5) is 0 Å². The summed E-state index contributed by atoms with van der Waals surface area (Å²) < 4.78 is 0. The molecule has 1 fully saturated rings. The van der Waals surface area contributed by atoms with Crippen LogP contribution in [0.15, 0.2) is 0 Å². The van der Waals surface area contributed by atoms with Crippen molar-refractivity contribution in [2.45, 2.75) is 69.6 Å². The summed E-state index contributed by atoms with van der Waals surface area (Å²) in [5.41, 5.74) is 0. The SMILES string of the molecule is ClC1C[CH]CCCCCCCCC1. The Bertz CT molecular complexity index is 99.7. The van der Waals surface area contributed by atoms with E-state index in [9.17, 15) is 0 Å². The molecule has 0 aromatic heterocycles. The molecule has 1 rings (SSSR count). The molecule has 0 aromatic carbocycles. The van der Waals surface area contributed by atoms with E-state index >= 15 is 0 Å². The highest BCUT2D eigenvalue weighted by Gasteiger charge is 2.05.